The first kappa shape index (κ1) is 15.2. The van der Waals surface area contributed by atoms with E-state index < -0.39 is 6.10 Å². The number of carbonyl (C=O) groups is 1. The fourth-order valence-electron chi connectivity index (χ4n) is 2.35. The van der Waals surface area contributed by atoms with Crippen LogP contribution in [-0.2, 0) is 11.2 Å². The molecule has 120 valence electrons. The molecule has 1 amide bonds. The van der Waals surface area contributed by atoms with Gasteiger partial charge in [-0.3, -0.25) is 4.79 Å². The van der Waals surface area contributed by atoms with Crippen molar-refractivity contribution in [2.45, 2.75) is 12.5 Å². The number of aliphatic hydroxyl groups excluding tert-OH is 1. The van der Waals surface area contributed by atoms with Crippen LogP contribution in [0.1, 0.15) is 17.4 Å². The van der Waals surface area contributed by atoms with Crippen LogP contribution in [0.5, 0.6) is 5.75 Å². The Morgan fingerprint density at radius 3 is 2.96 bits per heavy atom. The lowest BCUT2D eigenvalue weighted by Crippen LogP contribution is -2.29. The van der Waals surface area contributed by atoms with Crippen LogP contribution in [0.4, 0.5) is 0 Å². The summed E-state index contributed by atoms with van der Waals surface area (Å²) >= 11 is 0. The second-order valence-electron chi connectivity index (χ2n) is 5.14. The van der Waals surface area contributed by atoms with Crippen LogP contribution in [-0.4, -0.2) is 24.7 Å². The van der Waals surface area contributed by atoms with Crippen LogP contribution in [0.25, 0.3) is 11.0 Å². The topological polar surface area (TPSA) is 84.8 Å². The van der Waals surface area contributed by atoms with Gasteiger partial charge in [-0.25, -0.2) is 0 Å². The maximum absolute atomic E-state index is 12.0. The first-order chi connectivity index (χ1) is 11.2. The quantitative estimate of drug-likeness (QED) is 0.730. The van der Waals surface area contributed by atoms with Gasteiger partial charge in [0.15, 0.2) is 0 Å². The molecule has 6 heteroatoms. The van der Waals surface area contributed by atoms with Crippen LogP contribution in [0.3, 0.4) is 0 Å². The van der Waals surface area contributed by atoms with Crippen LogP contribution in [0.15, 0.2) is 51.7 Å². The molecule has 0 aliphatic heterocycles. The molecule has 3 rings (SSSR count). The number of hydrogen-bond acceptors (Lipinski definition) is 5. The summed E-state index contributed by atoms with van der Waals surface area (Å²) in [5.41, 5.74) is 1.45. The number of hydrogen-bond donors (Lipinski definition) is 2. The van der Waals surface area contributed by atoms with Gasteiger partial charge in [0.05, 0.1) is 32.6 Å². The summed E-state index contributed by atoms with van der Waals surface area (Å²) in [6.07, 6.45) is 2.35. The van der Waals surface area contributed by atoms with Crippen molar-refractivity contribution >= 4 is 16.9 Å². The van der Waals surface area contributed by atoms with Gasteiger partial charge in [-0.2, -0.15) is 0 Å². The molecule has 2 aromatic heterocycles. The number of amides is 1. The minimum Gasteiger partial charge on any atom is -0.497 e. The molecule has 0 saturated heterocycles. The summed E-state index contributed by atoms with van der Waals surface area (Å²) < 4.78 is 15.7. The lowest BCUT2D eigenvalue weighted by Gasteiger charge is -2.09. The number of furan rings is 2. The second kappa shape index (κ2) is 6.58. The van der Waals surface area contributed by atoms with E-state index in [2.05, 4.69) is 5.32 Å². The molecule has 1 atom stereocenters. The Kier molecular flexibility index (Phi) is 4.34. The summed E-state index contributed by atoms with van der Waals surface area (Å²) in [7, 11) is 1.59. The normalized spacial score (nSPS) is 12.3. The largest absolute Gasteiger partial charge is 0.497 e. The molecular weight excluding hydrogens is 298 g/mol. The Labute approximate surface area is 132 Å². The van der Waals surface area contributed by atoms with Gasteiger partial charge in [-0.15, -0.1) is 0 Å². The zero-order valence-corrected chi connectivity index (χ0v) is 12.6. The van der Waals surface area contributed by atoms with Gasteiger partial charge in [0, 0.05) is 17.0 Å². The van der Waals surface area contributed by atoms with E-state index >= 15 is 0 Å². The second-order valence-corrected chi connectivity index (χ2v) is 5.14. The Morgan fingerprint density at radius 2 is 2.22 bits per heavy atom. The predicted molar refractivity (Wildman–Crippen MR) is 83.1 cm³/mol. The van der Waals surface area contributed by atoms with Gasteiger partial charge in [0.1, 0.15) is 23.2 Å². The number of carbonyl (C=O) groups excluding carboxylic acids is 1. The van der Waals surface area contributed by atoms with Crippen molar-refractivity contribution in [1.29, 1.82) is 0 Å². The average molecular weight is 315 g/mol. The number of aliphatic hydroxyl groups is 1. The smallest absolute Gasteiger partial charge is 0.224 e. The number of ether oxygens (including phenoxy) is 1. The Morgan fingerprint density at radius 1 is 1.35 bits per heavy atom. The van der Waals surface area contributed by atoms with Gasteiger partial charge in [-0.05, 0) is 24.3 Å². The monoisotopic (exact) mass is 315 g/mol. The standard InChI is InChI=1S/C17H17NO5/c1-21-12-4-5-13-11(10-23-16(13)8-12)7-17(20)18-9-14(19)15-3-2-6-22-15/h2-6,8,10,14,19H,7,9H2,1H3,(H,18,20). The SMILES string of the molecule is COc1ccc2c(CC(=O)NCC(O)c3ccco3)coc2c1. The summed E-state index contributed by atoms with van der Waals surface area (Å²) in [5, 5.41) is 13.4. The summed E-state index contributed by atoms with van der Waals surface area (Å²) in [4.78, 5) is 12.0. The Bertz CT molecular complexity index is 791. The molecule has 0 aliphatic rings. The van der Waals surface area contributed by atoms with Crippen LogP contribution < -0.4 is 10.1 Å². The van der Waals surface area contributed by atoms with Crippen LogP contribution in [0, 0.1) is 0 Å². The van der Waals surface area contributed by atoms with Crippen molar-refractivity contribution < 1.29 is 23.5 Å². The lowest BCUT2D eigenvalue weighted by atomic mass is 10.1. The summed E-state index contributed by atoms with van der Waals surface area (Å²) in [6.45, 7) is 0.0932. The van der Waals surface area contributed by atoms with E-state index in [1.807, 2.05) is 12.1 Å². The van der Waals surface area contributed by atoms with E-state index in [1.165, 1.54) is 6.26 Å². The Hall–Kier alpha value is -2.73. The molecule has 0 aliphatic carbocycles. The van der Waals surface area contributed by atoms with Crippen molar-refractivity contribution in [3.05, 3.63) is 54.2 Å². The Balaban J connectivity index is 1.61. The molecule has 0 bridgehead atoms. The number of fused-ring (bicyclic) bond motifs is 1. The maximum atomic E-state index is 12.0. The van der Waals surface area contributed by atoms with Crippen LogP contribution in [0.2, 0.25) is 0 Å². The molecule has 0 radical (unpaired) electrons. The van der Waals surface area contributed by atoms with E-state index in [4.69, 9.17) is 13.6 Å². The minimum absolute atomic E-state index is 0.0932. The first-order valence-electron chi connectivity index (χ1n) is 7.19. The highest BCUT2D eigenvalue weighted by Crippen LogP contribution is 2.25. The van der Waals surface area contributed by atoms with E-state index in [0.29, 0.717) is 17.1 Å². The molecule has 3 aromatic rings. The molecule has 0 saturated carbocycles. The highest BCUT2D eigenvalue weighted by molar-refractivity contribution is 5.88. The van der Waals surface area contributed by atoms with Crippen LogP contribution >= 0.6 is 0 Å². The minimum atomic E-state index is -0.862. The molecule has 23 heavy (non-hydrogen) atoms. The van der Waals surface area contributed by atoms with Gasteiger partial charge in [-0.1, -0.05) is 0 Å². The zero-order chi connectivity index (χ0) is 16.2. The fourth-order valence-corrected chi connectivity index (χ4v) is 2.35. The average Bonchev–Trinajstić information content (AvgIpc) is 3.22. The van der Waals surface area contributed by atoms with Crippen molar-refractivity contribution in [2.24, 2.45) is 0 Å². The predicted octanol–water partition coefficient (Wildman–Crippen LogP) is 2.43. The third kappa shape index (κ3) is 3.37. The van der Waals surface area contributed by atoms with Gasteiger partial charge >= 0.3 is 0 Å². The van der Waals surface area contributed by atoms with Crippen molar-refractivity contribution in [2.75, 3.05) is 13.7 Å². The highest BCUT2D eigenvalue weighted by atomic mass is 16.5. The van der Waals surface area contributed by atoms with Gasteiger partial charge < -0.3 is 24.0 Å². The maximum Gasteiger partial charge on any atom is 0.224 e. The van der Waals surface area contributed by atoms with E-state index in [0.717, 1.165) is 10.9 Å². The fraction of sp³-hybridized carbons (Fsp3) is 0.235. The van der Waals surface area contributed by atoms with Crippen molar-refractivity contribution in [1.82, 2.24) is 5.32 Å². The molecule has 1 aromatic carbocycles. The van der Waals surface area contributed by atoms with E-state index in [9.17, 15) is 9.90 Å². The molecule has 0 fully saturated rings. The summed E-state index contributed by atoms with van der Waals surface area (Å²) in [5.74, 6) is 0.921. The molecule has 0 spiro atoms. The molecule has 2 heterocycles. The lowest BCUT2D eigenvalue weighted by molar-refractivity contribution is -0.120. The number of methoxy groups -OCH3 is 1. The third-order valence-corrected chi connectivity index (χ3v) is 3.58. The molecule has 6 nitrogen and oxygen atoms in total. The van der Waals surface area contributed by atoms with Crippen molar-refractivity contribution in [3.63, 3.8) is 0 Å². The molecular formula is C17H17NO5. The third-order valence-electron chi connectivity index (χ3n) is 3.58. The van der Waals surface area contributed by atoms with Gasteiger partial charge in [0.25, 0.3) is 0 Å². The number of rotatable bonds is 6. The zero-order valence-electron chi connectivity index (χ0n) is 12.6. The van der Waals surface area contributed by atoms with Crippen molar-refractivity contribution in [3.8, 4) is 5.75 Å². The van der Waals surface area contributed by atoms with Gasteiger partial charge in [0.2, 0.25) is 5.91 Å². The summed E-state index contributed by atoms with van der Waals surface area (Å²) in [6, 6.07) is 8.80. The highest BCUT2D eigenvalue weighted by Gasteiger charge is 2.14. The first-order valence-corrected chi connectivity index (χ1v) is 7.19. The molecule has 2 N–H and O–H groups in total. The number of nitrogens with one attached hydrogen (secondary N) is 1. The van der Waals surface area contributed by atoms with E-state index in [-0.39, 0.29) is 18.9 Å². The van der Waals surface area contributed by atoms with E-state index in [1.54, 1.807) is 31.6 Å². The number of benzene rings is 1. The molecule has 1 unspecified atom stereocenters.